The number of amides is 1. The van der Waals surface area contributed by atoms with Crippen molar-refractivity contribution in [3.63, 3.8) is 0 Å². The van der Waals surface area contributed by atoms with E-state index in [9.17, 15) is 9.59 Å². The number of ketones is 1. The molecule has 158 valence electrons. The third-order valence-electron chi connectivity index (χ3n) is 5.80. The van der Waals surface area contributed by atoms with Crippen LogP contribution in [0.15, 0.2) is 85.2 Å². The highest BCUT2D eigenvalue weighted by Crippen LogP contribution is 2.36. The van der Waals surface area contributed by atoms with Crippen molar-refractivity contribution in [2.45, 2.75) is 12.6 Å². The van der Waals surface area contributed by atoms with Gasteiger partial charge in [-0.3, -0.25) is 14.7 Å². The SMILES string of the molecule is COc1cccc(C(C(=O)c2ccccc2)N2Cc3ccc(-c4cn[nH]c4)cc3C2=O)c1. The van der Waals surface area contributed by atoms with Gasteiger partial charge in [-0.1, -0.05) is 54.6 Å². The number of Topliss-reactive ketones (excluding diaryl/α,β-unsaturated/α-hetero) is 1. The first-order valence-electron chi connectivity index (χ1n) is 10.3. The topological polar surface area (TPSA) is 75.3 Å². The van der Waals surface area contributed by atoms with E-state index in [0.717, 1.165) is 22.3 Å². The molecule has 1 aromatic heterocycles. The lowest BCUT2D eigenvalue weighted by Gasteiger charge is -2.27. The van der Waals surface area contributed by atoms with E-state index in [2.05, 4.69) is 10.2 Å². The molecule has 1 amide bonds. The van der Waals surface area contributed by atoms with E-state index in [1.165, 1.54) is 0 Å². The fourth-order valence-electron chi connectivity index (χ4n) is 4.17. The summed E-state index contributed by atoms with van der Waals surface area (Å²) in [5, 5.41) is 6.79. The van der Waals surface area contributed by atoms with Crippen LogP contribution in [0.5, 0.6) is 5.75 Å². The number of rotatable bonds is 6. The fraction of sp³-hybridized carbons (Fsp3) is 0.115. The Morgan fingerprint density at radius 3 is 2.62 bits per heavy atom. The summed E-state index contributed by atoms with van der Waals surface area (Å²) >= 11 is 0. The van der Waals surface area contributed by atoms with Crippen LogP contribution in [0.2, 0.25) is 0 Å². The van der Waals surface area contributed by atoms with Crippen LogP contribution in [-0.2, 0) is 6.54 Å². The molecule has 0 aliphatic carbocycles. The highest BCUT2D eigenvalue weighted by atomic mass is 16.5. The molecule has 1 unspecified atom stereocenters. The Bertz CT molecular complexity index is 1280. The number of aromatic amines is 1. The average molecular weight is 423 g/mol. The third-order valence-corrected chi connectivity index (χ3v) is 5.80. The smallest absolute Gasteiger partial charge is 0.255 e. The Morgan fingerprint density at radius 1 is 1.03 bits per heavy atom. The second-order valence-electron chi connectivity index (χ2n) is 7.70. The van der Waals surface area contributed by atoms with Gasteiger partial charge in [-0.2, -0.15) is 5.10 Å². The summed E-state index contributed by atoms with van der Waals surface area (Å²) in [7, 11) is 1.58. The molecule has 32 heavy (non-hydrogen) atoms. The summed E-state index contributed by atoms with van der Waals surface area (Å²) in [6, 6.07) is 21.5. The van der Waals surface area contributed by atoms with E-state index in [1.807, 2.05) is 60.7 Å². The van der Waals surface area contributed by atoms with Crippen molar-refractivity contribution in [2.75, 3.05) is 7.11 Å². The Balaban J connectivity index is 1.56. The number of nitrogens with one attached hydrogen (secondary N) is 1. The molecule has 1 aliphatic heterocycles. The van der Waals surface area contributed by atoms with E-state index in [4.69, 9.17) is 4.74 Å². The highest BCUT2D eigenvalue weighted by Gasteiger charge is 2.38. The number of H-pyrrole nitrogens is 1. The number of hydrogen-bond donors (Lipinski definition) is 1. The largest absolute Gasteiger partial charge is 0.497 e. The quantitative estimate of drug-likeness (QED) is 0.458. The first kappa shape index (κ1) is 19.8. The standard InChI is InChI=1S/C26H21N3O3/c1-32-22-9-5-8-19(12-22)24(25(30)17-6-3-2-4-7-17)29-16-20-11-10-18(13-23(20)26(29)31)21-14-27-28-15-21/h2-15,24H,16H2,1H3,(H,27,28). The minimum atomic E-state index is -0.759. The first-order chi connectivity index (χ1) is 15.7. The zero-order valence-electron chi connectivity index (χ0n) is 17.5. The normalized spacial score (nSPS) is 13.7. The minimum Gasteiger partial charge on any atom is -0.497 e. The van der Waals surface area contributed by atoms with Gasteiger partial charge in [0.25, 0.3) is 5.91 Å². The maximum absolute atomic E-state index is 13.6. The molecule has 4 aromatic rings. The van der Waals surface area contributed by atoms with Crippen LogP contribution in [0.1, 0.15) is 37.9 Å². The molecule has 1 N–H and O–H groups in total. The summed E-state index contributed by atoms with van der Waals surface area (Å²) in [5.74, 6) is 0.345. The number of methoxy groups -OCH3 is 1. The van der Waals surface area contributed by atoms with E-state index in [1.54, 1.807) is 36.5 Å². The molecule has 0 saturated heterocycles. The van der Waals surface area contributed by atoms with Crippen molar-refractivity contribution < 1.29 is 14.3 Å². The number of hydrogen-bond acceptors (Lipinski definition) is 4. The van der Waals surface area contributed by atoms with Crippen LogP contribution in [-0.4, -0.2) is 33.9 Å². The highest BCUT2D eigenvalue weighted by molar-refractivity contribution is 6.06. The van der Waals surface area contributed by atoms with Gasteiger partial charge in [0.1, 0.15) is 11.8 Å². The third kappa shape index (κ3) is 3.46. The zero-order valence-corrected chi connectivity index (χ0v) is 17.5. The number of nitrogens with zero attached hydrogens (tertiary/aromatic N) is 2. The van der Waals surface area contributed by atoms with Gasteiger partial charge < -0.3 is 9.64 Å². The molecule has 0 spiro atoms. The Morgan fingerprint density at radius 2 is 1.88 bits per heavy atom. The van der Waals surface area contributed by atoms with Crippen molar-refractivity contribution >= 4 is 11.7 Å². The second kappa shape index (κ2) is 8.15. The van der Waals surface area contributed by atoms with Gasteiger partial charge in [-0.25, -0.2) is 0 Å². The van der Waals surface area contributed by atoms with E-state index in [-0.39, 0.29) is 11.7 Å². The van der Waals surface area contributed by atoms with Gasteiger partial charge in [-0.05, 0) is 34.9 Å². The van der Waals surface area contributed by atoms with Gasteiger partial charge in [0.05, 0.1) is 13.3 Å². The summed E-state index contributed by atoms with van der Waals surface area (Å²) in [6.07, 6.45) is 3.51. The van der Waals surface area contributed by atoms with Gasteiger partial charge in [-0.15, -0.1) is 0 Å². The predicted molar refractivity (Wildman–Crippen MR) is 120 cm³/mol. The summed E-state index contributed by atoms with van der Waals surface area (Å²) in [5.41, 5.74) is 4.59. The number of aromatic nitrogens is 2. The van der Waals surface area contributed by atoms with Crippen molar-refractivity contribution in [1.29, 1.82) is 0 Å². The molecule has 5 rings (SSSR count). The lowest BCUT2D eigenvalue weighted by Crippen LogP contribution is -2.34. The van der Waals surface area contributed by atoms with Gasteiger partial charge in [0.2, 0.25) is 0 Å². The van der Waals surface area contributed by atoms with Gasteiger partial charge in [0.15, 0.2) is 5.78 Å². The van der Waals surface area contributed by atoms with Crippen molar-refractivity contribution in [1.82, 2.24) is 15.1 Å². The second-order valence-corrected chi connectivity index (χ2v) is 7.70. The van der Waals surface area contributed by atoms with Crippen molar-refractivity contribution in [3.8, 4) is 16.9 Å². The Kier molecular flexibility index (Phi) is 5.03. The van der Waals surface area contributed by atoms with Crippen LogP contribution in [0.4, 0.5) is 0 Å². The molecule has 0 radical (unpaired) electrons. The summed E-state index contributed by atoms with van der Waals surface area (Å²) in [6.45, 7) is 0.361. The van der Waals surface area contributed by atoms with Gasteiger partial charge in [0, 0.05) is 29.4 Å². The maximum atomic E-state index is 13.6. The monoisotopic (exact) mass is 423 g/mol. The molecular formula is C26H21N3O3. The van der Waals surface area contributed by atoms with Crippen LogP contribution in [0.25, 0.3) is 11.1 Å². The summed E-state index contributed by atoms with van der Waals surface area (Å²) in [4.78, 5) is 28.8. The maximum Gasteiger partial charge on any atom is 0.255 e. The molecular weight excluding hydrogens is 402 g/mol. The van der Waals surface area contributed by atoms with E-state index in [0.29, 0.717) is 23.4 Å². The number of benzene rings is 3. The predicted octanol–water partition coefficient (Wildman–Crippen LogP) is 4.67. The van der Waals surface area contributed by atoms with Crippen molar-refractivity contribution in [3.05, 3.63) is 107 Å². The molecule has 0 saturated carbocycles. The van der Waals surface area contributed by atoms with Crippen LogP contribution >= 0.6 is 0 Å². The lowest BCUT2D eigenvalue weighted by molar-refractivity contribution is 0.0626. The first-order valence-corrected chi connectivity index (χ1v) is 10.3. The fourth-order valence-corrected chi connectivity index (χ4v) is 4.17. The molecule has 0 fully saturated rings. The Labute approximate surface area is 185 Å². The van der Waals surface area contributed by atoms with E-state index >= 15 is 0 Å². The molecule has 6 nitrogen and oxygen atoms in total. The molecule has 6 heteroatoms. The molecule has 2 heterocycles. The van der Waals surface area contributed by atoms with Crippen LogP contribution in [0, 0.1) is 0 Å². The summed E-state index contributed by atoms with van der Waals surface area (Å²) < 4.78 is 5.38. The molecule has 3 aromatic carbocycles. The number of carbonyl (C=O) groups is 2. The van der Waals surface area contributed by atoms with Crippen LogP contribution < -0.4 is 4.74 Å². The molecule has 1 atom stereocenters. The number of ether oxygens (including phenoxy) is 1. The number of carbonyl (C=O) groups excluding carboxylic acids is 2. The van der Waals surface area contributed by atoms with Crippen LogP contribution in [0.3, 0.4) is 0 Å². The minimum absolute atomic E-state index is 0.130. The lowest BCUT2D eigenvalue weighted by atomic mass is 9.95. The Hall–Kier alpha value is -4.19. The molecule has 0 bridgehead atoms. The molecule has 1 aliphatic rings. The van der Waals surface area contributed by atoms with Gasteiger partial charge >= 0.3 is 0 Å². The number of fused-ring (bicyclic) bond motifs is 1. The average Bonchev–Trinajstić information content (AvgIpc) is 3.49. The van der Waals surface area contributed by atoms with E-state index < -0.39 is 6.04 Å². The van der Waals surface area contributed by atoms with Crippen molar-refractivity contribution in [2.24, 2.45) is 0 Å². The zero-order chi connectivity index (χ0) is 22.1.